The number of imidazole rings is 1. The third-order valence-electron chi connectivity index (χ3n) is 2.93. The van der Waals surface area contributed by atoms with Gasteiger partial charge in [-0.1, -0.05) is 0 Å². The van der Waals surface area contributed by atoms with Crippen LogP contribution in [0.5, 0.6) is 0 Å². The van der Waals surface area contributed by atoms with Gasteiger partial charge in [0.15, 0.2) is 11.2 Å². The van der Waals surface area contributed by atoms with E-state index < -0.39 is 12.1 Å². The summed E-state index contributed by atoms with van der Waals surface area (Å²) in [7, 11) is 0. The van der Waals surface area contributed by atoms with E-state index in [-0.39, 0.29) is 29.3 Å². The average molecular weight is 287 g/mol. The molecule has 3 heterocycles. The molecule has 1 saturated heterocycles. The molecule has 0 aliphatic carbocycles. The fourth-order valence-corrected chi connectivity index (χ4v) is 2.13. The molecule has 1 aliphatic rings. The molecule has 0 bridgehead atoms. The molecular formula is C11H14ClN5O2. The maximum Gasteiger partial charge on any atom is 0.278 e. The van der Waals surface area contributed by atoms with Gasteiger partial charge in [-0.15, -0.1) is 0 Å². The number of nitrogens with zero attached hydrogens (tertiary/aromatic N) is 4. The highest BCUT2D eigenvalue weighted by atomic mass is 35.5. The molecule has 3 rings (SSSR count). The van der Waals surface area contributed by atoms with Gasteiger partial charge in [-0.25, -0.2) is 4.98 Å². The summed E-state index contributed by atoms with van der Waals surface area (Å²) in [5.74, 6) is 0. The standard InChI is InChI=1S/C11H14ClN5O2/c12-11-14-9-8(10(18)15-11)17(7-13-9)2-1-16-3-5-19-6-4-16/h7H,1-6H2,(H,14,15,18)/i5D2,7D. The molecular weight excluding hydrogens is 270 g/mol. The first kappa shape index (κ1) is 9.46. The zero-order chi connectivity index (χ0) is 15.9. The van der Waals surface area contributed by atoms with E-state index in [2.05, 4.69) is 15.0 Å². The lowest BCUT2D eigenvalue weighted by Crippen LogP contribution is -2.38. The molecule has 0 saturated carbocycles. The van der Waals surface area contributed by atoms with Crippen molar-refractivity contribution >= 4 is 22.8 Å². The summed E-state index contributed by atoms with van der Waals surface area (Å²) in [5, 5.41) is -0.0662. The number of ether oxygens (including phenoxy) is 1. The molecule has 0 unspecified atom stereocenters. The quantitative estimate of drug-likeness (QED) is 0.810. The zero-order valence-corrected chi connectivity index (χ0v) is 10.8. The Morgan fingerprint density at radius 1 is 1.58 bits per heavy atom. The molecule has 1 fully saturated rings. The summed E-state index contributed by atoms with van der Waals surface area (Å²) in [6, 6.07) is 0. The molecule has 102 valence electrons. The fourth-order valence-electron chi connectivity index (χ4n) is 1.96. The Balaban J connectivity index is 1.82. The summed E-state index contributed by atoms with van der Waals surface area (Å²) < 4.78 is 29.5. The van der Waals surface area contributed by atoms with E-state index in [9.17, 15) is 4.79 Å². The molecule has 0 amide bonds. The number of aromatic nitrogens is 4. The van der Waals surface area contributed by atoms with Crippen LogP contribution in [0.2, 0.25) is 5.28 Å². The molecule has 1 N–H and O–H groups in total. The zero-order valence-electron chi connectivity index (χ0n) is 13.0. The Morgan fingerprint density at radius 2 is 2.47 bits per heavy atom. The summed E-state index contributed by atoms with van der Waals surface area (Å²) in [5.41, 5.74) is -0.111. The fraction of sp³-hybridized carbons (Fsp3) is 0.545. The topological polar surface area (TPSA) is 76.0 Å². The van der Waals surface area contributed by atoms with Gasteiger partial charge in [0.2, 0.25) is 5.28 Å². The van der Waals surface area contributed by atoms with E-state index in [4.69, 9.17) is 20.5 Å². The van der Waals surface area contributed by atoms with Crippen LogP contribution in [0.25, 0.3) is 11.2 Å². The van der Waals surface area contributed by atoms with Crippen LogP contribution in [-0.2, 0) is 11.3 Å². The smallest absolute Gasteiger partial charge is 0.278 e. The number of morpholine rings is 1. The van der Waals surface area contributed by atoms with E-state index in [1.165, 1.54) is 4.57 Å². The summed E-state index contributed by atoms with van der Waals surface area (Å²) in [6.07, 6.45) is -0.0773. The van der Waals surface area contributed by atoms with Crippen molar-refractivity contribution < 1.29 is 8.85 Å². The normalized spacial score (nSPS) is 22.1. The Labute approximate surface area is 118 Å². The minimum absolute atomic E-state index is 0.0662. The third kappa shape index (κ3) is 2.63. The predicted octanol–water partition coefficient (Wildman–Crippen LogP) is 0.105. The SMILES string of the molecule is [2H]c1nc2nc(Cl)[nH]c(=O)c2n1CCN1CCOC([2H])([2H])C1. The molecule has 0 spiro atoms. The molecule has 2 aromatic rings. The maximum absolute atomic E-state index is 12.0. The summed E-state index contributed by atoms with van der Waals surface area (Å²) >= 11 is 5.67. The number of H-pyrrole nitrogens is 1. The summed E-state index contributed by atoms with van der Waals surface area (Å²) in [4.78, 5) is 24.1. The second-order valence-electron chi connectivity index (χ2n) is 4.16. The highest BCUT2D eigenvalue weighted by molar-refractivity contribution is 6.28. The van der Waals surface area contributed by atoms with Crippen LogP contribution in [0, 0.1) is 0 Å². The first-order chi connectivity index (χ1) is 10.4. The van der Waals surface area contributed by atoms with Gasteiger partial charge in [0.05, 0.1) is 22.2 Å². The number of hydrogen-bond donors (Lipinski definition) is 1. The van der Waals surface area contributed by atoms with E-state index in [0.717, 1.165) is 0 Å². The monoisotopic (exact) mass is 286 g/mol. The second kappa shape index (κ2) is 5.28. The van der Waals surface area contributed by atoms with Crippen LogP contribution < -0.4 is 5.56 Å². The van der Waals surface area contributed by atoms with Gasteiger partial charge in [-0.05, 0) is 11.6 Å². The number of nitrogens with one attached hydrogen (secondary N) is 1. The predicted molar refractivity (Wildman–Crippen MR) is 70.4 cm³/mol. The minimum atomic E-state index is -1.67. The maximum atomic E-state index is 12.0. The lowest BCUT2D eigenvalue weighted by Gasteiger charge is -2.26. The van der Waals surface area contributed by atoms with E-state index in [1.54, 1.807) is 0 Å². The van der Waals surface area contributed by atoms with Crippen molar-refractivity contribution in [2.75, 3.05) is 32.8 Å². The van der Waals surface area contributed by atoms with Crippen LogP contribution in [0.3, 0.4) is 0 Å². The highest BCUT2D eigenvalue weighted by Gasteiger charge is 2.13. The number of aromatic amines is 1. The van der Waals surface area contributed by atoms with Crippen LogP contribution >= 0.6 is 11.6 Å². The van der Waals surface area contributed by atoms with Crippen molar-refractivity contribution in [3.63, 3.8) is 0 Å². The Hall–Kier alpha value is -1.44. The molecule has 0 radical (unpaired) electrons. The molecule has 19 heavy (non-hydrogen) atoms. The number of halogens is 1. The molecule has 0 atom stereocenters. The largest absolute Gasteiger partial charge is 0.379 e. The van der Waals surface area contributed by atoms with Crippen LogP contribution in [-0.4, -0.2) is 57.2 Å². The molecule has 7 nitrogen and oxygen atoms in total. The van der Waals surface area contributed by atoms with Crippen molar-refractivity contribution in [1.29, 1.82) is 0 Å². The van der Waals surface area contributed by atoms with Crippen LogP contribution in [0.1, 0.15) is 4.11 Å². The Morgan fingerprint density at radius 3 is 3.32 bits per heavy atom. The molecule has 8 heteroatoms. The van der Waals surface area contributed by atoms with Crippen molar-refractivity contribution in [1.82, 2.24) is 24.4 Å². The average Bonchev–Trinajstić information content (AvgIpc) is 2.71. The van der Waals surface area contributed by atoms with Crippen molar-refractivity contribution in [2.45, 2.75) is 6.54 Å². The van der Waals surface area contributed by atoms with Gasteiger partial charge in [0.25, 0.3) is 5.56 Å². The molecule has 0 aromatic carbocycles. The first-order valence-corrected chi connectivity index (χ1v) is 6.22. The van der Waals surface area contributed by atoms with E-state index in [0.29, 0.717) is 26.2 Å². The van der Waals surface area contributed by atoms with Crippen molar-refractivity contribution in [2.24, 2.45) is 0 Å². The highest BCUT2D eigenvalue weighted by Crippen LogP contribution is 2.08. The van der Waals surface area contributed by atoms with Gasteiger partial charge >= 0.3 is 0 Å². The van der Waals surface area contributed by atoms with Gasteiger partial charge in [-0.3, -0.25) is 14.7 Å². The number of fused-ring (bicyclic) bond motifs is 1. The molecule has 1 aliphatic heterocycles. The van der Waals surface area contributed by atoms with Gasteiger partial charge < -0.3 is 9.30 Å². The van der Waals surface area contributed by atoms with Gasteiger partial charge in [0.1, 0.15) is 1.37 Å². The molecule has 2 aromatic heterocycles. The van der Waals surface area contributed by atoms with E-state index in [1.807, 2.05) is 4.90 Å². The summed E-state index contributed by atoms with van der Waals surface area (Å²) in [6.45, 7) is 0.183. The van der Waals surface area contributed by atoms with E-state index >= 15 is 0 Å². The van der Waals surface area contributed by atoms with Gasteiger partial charge in [-0.2, -0.15) is 4.98 Å². The third-order valence-corrected chi connectivity index (χ3v) is 3.11. The van der Waals surface area contributed by atoms with Crippen molar-refractivity contribution in [3.05, 3.63) is 21.9 Å². The Kier molecular flexibility index (Phi) is 2.63. The van der Waals surface area contributed by atoms with Crippen molar-refractivity contribution in [3.8, 4) is 0 Å². The lowest BCUT2D eigenvalue weighted by molar-refractivity contribution is 0.0365. The number of hydrogen-bond acceptors (Lipinski definition) is 5. The van der Waals surface area contributed by atoms with Crippen LogP contribution in [0.4, 0.5) is 0 Å². The second-order valence-corrected chi connectivity index (χ2v) is 4.52. The first-order valence-electron chi connectivity index (χ1n) is 7.35. The minimum Gasteiger partial charge on any atom is -0.379 e. The lowest BCUT2D eigenvalue weighted by atomic mass is 10.4. The number of rotatable bonds is 3. The Bertz CT molecular complexity index is 762. The van der Waals surface area contributed by atoms with Gasteiger partial charge in [0, 0.05) is 26.2 Å². The van der Waals surface area contributed by atoms with Crippen LogP contribution in [0.15, 0.2) is 11.1 Å².